The number of carbonyl (C=O) groups is 1. The number of aromatic nitrogens is 2. The van der Waals surface area contributed by atoms with Gasteiger partial charge in [0.05, 0.1) is 29.0 Å². The maximum absolute atomic E-state index is 11.1. The van der Waals surface area contributed by atoms with Crippen molar-refractivity contribution in [2.75, 3.05) is 0 Å². The van der Waals surface area contributed by atoms with Gasteiger partial charge in [-0.25, -0.2) is 0 Å². The van der Waals surface area contributed by atoms with Gasteiger partial charge in [0.2, 0.25) is 0 Å². The molecular formula is C28H19N3O. The zero-order chi connectivity index (χ0) is 22.1. The number of hydrogen-bond donors (Lipinski definition) is 1. The third-order valence-electron chi connectivity index (χ3n) is 5.77. The molecule has 0 fully saturated rings. The highest BCUT2D eigenvalue weighted by atomic mass is 16.1. The SMILES string of the molecule is Cc1cc(C=O)ccc1-c1cccc(-c2[nH]c3cnccc3c2-c2ccccc2C#N)c1. The minimum absolute atomic E-state index is 0.628. The quantitative estimate of drug-likeness (QED) is 0.339. The van der Waals surface area contributed by atoms with Gasteiger partial charge in [-0.1, -0.05) is 48.5 Å². The van der Waals surface area contributed by atoms with E-state index in [4.69, 9.17) is 0 Å². The first kappa shape index (κ1) is 19.5. The van der Waals surface area contributed by atoms with Crippen LogP contribution in [-0.4, -0.2) is 16.3 Å². The number of nitrogens with one attached hydrogen (secondary N) is 1. The second-order valence-corrected chi connectivity index (χ2v) is 7.73. The van der Waals surface area contributed by atoms with Crippen LogP contribution < -0.4 is 0 Å². The summed E-state index contributed by atoms with van der Waals surface area (Å²) in [6, 6.07) is 26.0. The molecule has 3 aromatic carbocycles. The Hall–Kier alpha value is -4.49. The predicted molar refractivity (Wildman–Crippen MR) is 127 cm³/mol. The summed E-state index contributed by atoms with van der Waals surface area (Å²) >= 11 is 0. The third-order valence-corrected chi connectivity index (χ3v) is 5.77. The second-order valence-electron chi connectivity index (χ2n) is 7.73. The fourth-order valence-corrected chi connectivity index (χ4v) is 4.27. The van der Waals surface area contributed by atoms with Crippen LogP contribution in [0.3, 0.4) is 0 Å². The van der Waals surface area contributed by atoms with E-state index in [1.165, 1.54) is 0 Å². The molecule has 4 nitrogen and oxygen atoms in total. The average molecular weight is 413 g/mol. The van der Waals surface area contributed by atoms with Crippen LogP contribution in [-0.2, 0) is 0 Å². The molecule has 1 N–H and O–H groups in total. The summed E-state index contributed by atoms with van der Waals surface area (Å²) in [5.74, 6) is 0. The van der Waals surface area contributed by atoms with Crippen molar-refractivity contribution < 1.29 is 4.79 Å². The van der Waals surface area contributed by atoms with Gasteiger partial charge in [0, 0.05) is 28.3 Å². The molecule has 4 heteroatoms. The summed E-state index contributed by atoms with van der Waals surface area (Å²) in [5, 5.41) is 10.7. The molecule has 0 unspecified atom stereocenters. The highest BCUT2D eigenvalue weighted by molar-refractivity contribution is 6.04. The lowest BCUT2D eigenvalue weighted by molar-refractivity contribution is 0.112. The van der Waals surface area contributed by atoms with Crippen molar-refractivity contribution in [1.82, 2.24) is 9.97 Å². The van der Waals surface area contributed by atoms with Crippen LogP contribution in [0.5, 0.6) is 0 Å². The minimum atomic E-state index is 0.628. The molecule has 0 atom stereocenters. The molecule has 152 valence electrons. The highest BCUT2D eigenvalue weighted by Gasteiger charge is 2.18. The maximum Gasteiger partial charge on any atom is 0.150 e. The molecule has 0 aliphatic heterocycles. The molecule has 5 rings (SSSR count). The summed E-state index contributed by atoms with van der Waals surface area (Å²) in [7, 11) is 0. The molecule has 5 aromatic rings. The Kier molecular flexibility index (Phi) is 4.85. The summed E-state index contributed by atoms with van der Waals surface area (Å²) < 4.78 is 0. The molecule has 0 spiro atoms. The largest absolute Gasteiger partial charge is 0.353 e. The molecule has 0 aliphatic rings. The standard InChI is InChI=1S/C28H19N3O/c1-18-13-19(17-32)9-10-23(18)20-6-4-7-21(14-20)28-27(24-8-3-2-5-22(24)15-29)25-11-12-30-16-26(25)31-28/h2-14,16-17,31H,1H3. The van der Waals surface area contributed by atoms with Crippen LogP contribution in [0.4, 0.5) is 0 Å². The van der Waals surface area contributed by atoms with E-state index >= 15 is 0 Å². The Morgan fingerprint density at radius 1 is 0.938 bits per heavy atom. The van der Waals surface area contributed by atoms with Crippen molar-refractivity contribution in [2.24, 2.45) is 0 Å². The normalized spacial score (nSPS) is 10.8. The maximum atomic E-state index is 11.1. The predicted octanol–water partition coefficient (Wildman–Crippen LogP) is 6.56. The fourth-order valence-electron chi connectivity index (χ4n) is 4.27. The van der Waals surface area contributed by atoms with E-state index in [2.05, 4.69) is 34.2 Å². The van der Waals surface area contributed by atoms with E-state index in [1.54, 1.807) is 6.20 Å². The highest BCUT2D eigenvalue weighted by Crippen LogP contribution is 2.40. The minimum Gasteiger partial charge on any atom is -0.353 e. The Morgan fingerprint density at radius 3 is 2.59 bits per heavy atom. The van der Waals surface area contributed by atoms with E-state index in [1.807, 2.05) is 67.7 Å². The monoisotopic (exact) mass is 413 g/mol. The van der Waals surface area contributed by atoms with Gasteiger partial charge in [0.1, 0.15) is 6.29 Å². The Labute approximate surface area is 185 Å². The number of hydrogen-bond acceptors (Lipinski definition) is 3. The van der Waals surface area contributed by atoms with E-state index in [9.17, 15) is 10.1 Å². The Bertz CT molecular complexity index is 1520. The number of fused-ring (bicyclic) bond motifs is 1. The van der Waals surface area contributed by atoms with Gasteiger partial charge in [-0.05, 0) is 53.4 Å². The van der Waals surface area contributed by atoms with Crippen molar-refractivity contribution in [3.8, 4) is 39.6 Å². The Morgan fingerprint density at radius 2 is 1.78 bits per heavy atom. The Balaban J connectivity index is 1.74. The number of H-pyrrole nitrogens is 1. The van der Waals surface area contributed by atoms with Crippen LogP contribution in [0.25, 0.3) is 44.4 Å². The molecular weight excluding hydrogens is 394 g/mol. The topological polar surface area (TPSA) is 69.5 Å². The van der Waals surface area contributed by atoms with Crippen LogP contribution in [0.1, 0.15) is 21.5 Å². The van der Waals surface area contributed by atoms with Crippen LogP contribution >= 0.6 is 0 Å². The smallest absolute Gasteiger partial charge is 0.150 e. The molecule has 0 bridgehead atoms. The lowest BCUT2D eigenvalue weighted by Gasteiger charge is -2.11. The van der Waals surface area contributed by atoms with Gasteiger partial charge < -0.3 is 4.98 Å². The number of benzene rings is 3. The third kappa shape index (κ3) is 3.27. The lowest BCUT2D eigenvalue weighted by Crippen LogP contribution is -1.89. The van der Waals surface area contributed by atoms with Crippen molar-refractivity contribution in [2.45, 2.75) is 6.92 Å². The van der Waals surface area contributed by atoms with Crippen LogP contribution in [0, 0.1) is 18.3 Å². The first-order valence-corrected chi connectivity index (χ1v) is 10.3. The van der Waals surface area contributed by atoms with E-state index in [-0.39, 0.29) is 0 Å². The number of aryl methyl sites for hydroxylation is 1. The van der Waals surface area contributed by atoms with Gasteiger partial charge >= 0.3 is 0 Å². The average Bonchev–Trinajstić information content (AvgIpc) is 3.23. The first-order chi connectivity index (χ1) is 15.7. The van der Waals surface area contributed by atoms with E-state index < -0.39 is 0 Å². The van der Waals surface area contributed by atoms with Crippen molar-refractivity contribution in [3.05, 3.63) is 102 Å². The number of carbonyl (C=O) groups excluding carboxylic acids is 1. The molecule has 0 amide bonds. The molecule has 0 radical (unpaired) electrons. The second kappa shape index (κ2) is 7.98. The number of pyridine rings is 1. The zero-order valence-corrected chi connectivity index (χ0v) is 17.5. The fraction of sp³-hybridized carbons (Fsp3) is 0.0357. The van der Waals surface area contributed by atoms with Gasteiger partial charge in [-0.2, -0.15) is 5.26 Å². The van der Waals surface area contributed by atoms with E-state index in [0.29, 0.717) is 11.1 Å². The lowest BCUT2D eigenvalue weighted by atomic mass is 9.93. The molecule has 2 aromatic heterocycles. The molecule has 2 heterocycles. The van der Waals surface area contributed by atoms with Crippen LogP contribution in [0.15, 0.2) is 85.2 Å². The number of nitrogens with zero attached hydrogens (tertiary/aromatic N) is 2. The zero-order valence-electron chi connectivity index (χ0n) is 17.5. The first-order valence-electron chi connectivity index (χ1n) is 10.3. The van der Waals surface area contributed by atoms with Crippen molar-refractivity contribution in [1.29, 1.82) is 5.26 Å². The molecule has 32 heavy (non-hydrogen) atoms. The van der Waals surface area contributed by atoms with Gasteiger partial charge in [-0.15, -0.1) is 0 Å². The van der Waals surface area contributed by atoms with E-state index in [0.717, 1.165) is 56.3 Å². The number of rotatable bonds is 4. The summed E-state index contributed by atoms with van der Waals surface area (Å²) in [6.45, 7) is 2.01. The van der Waals surface area contributed by atoms with Gasteiger partial charge in [-0.3, -0.25) is 9.78 Å². The summed E-state index contributed by atoms with van der Waals surface area (Å²) in [5.41, 5.74) is 9.24. The summed E-state index contributed by atoms with van der Waals surface area (Å²) in [6.07, 6.45) is 4.45. The summed E-state index contributed by atoms with van der Waals surface area (Å²) in [4.78, 5) is 18.9. The van der Waals surface area contributed by atoms with Gasteiger partial charge in [0.25, 0.3) is 0 Å². The number of aromatic amines is 1. The van der Waals surface area contributed by atoms with Crippen LogP contribution in [0.2, 0.25) is 0 Å². The van der Waals surface area contributed by atoms with Crippen molar-refractivity contribution >= 4 is 17.2 Å². The molecule has 0 saturated heterocycles. The molecule has 0 aliphatic carbocycles. The number of nitriles is 1. The van der Waals surface area contributed by atoms with Crippen molar-refractivity contribution in [3.63, 3.8) is 0 Å². The number of aldehydes is 1. The molecule has 0 saturated carbocycles. The van der Waals surface area contributed by atoms with Gasteiger partial charge in [0.15, 0.2) is 0 Å².